The number of hydrogen-bond acceptors (Lipinski definition) is 4. The summed E-state index contributed by atoms with van der Waals surface area (Å²) in [5.41, 5.74) is -0.997. The molecule has 2 N–H and O–H groups in total. The molecule has 0 bridgehead atoms. The van der Waals surface area contributed by atoms with Crippen molar-refractivity contribution in [2.24, 2.45) is 0 Å². The van der Waals surface area contributed by atoms with Gasteiger partial charge in [-0.15, -0.1) is 0 Å². The normalized spacial score (nSPS) is 10.3. The smallest absolute Gasteiger partial charge is 0.350 e. The highest BCUT2D eigenvalue weighted by molar-refractivity contribution is 5.46. The van der Waals surface area contributed by atoms with Gasteiger partial charge in [0.15, 0.2) is 0 Å². The van der Waals surface area contributed by atoms with E-state index < -0.39 is 11.4 Å². The molecule has 0 spiro atoms. The van der Waals surface area contributed by atoms with Gasteiger partial charge in [-0.3, -0.25) is 9.97 Å². The van der Waals surface area contributed by atoms with Crippen LogP contribution in [0.5, 0.6) is 0 Å². The molecule has 2 rings (SSSR count). The molecule has 0 unspecified atom stereocenters. The van der Waals surface area contributed by atoms with Crippen LogP contribution in [0.15, 0.2) is 33.9 Å². The van der Waals surface area contributed by atoms with Crippen LogP contribution in [-0.2, 0) is 6.54 Å². The monoisotopic (exact) mass is 250 g/mol. The van der Waals surface area contributed by atoms with Gasteiger partial charge in [-0.25, -0.2) is 14.0 Å². The average molecular weight is 250 g/mol. The van der Waals surface area contributed by atoms with Crippen molar-refractivity contribution in [3.63, 3.8) is 0 Å². The fourth-order valence-electron chi connectivity index (χ4n) is 1.58. The Kier molecular flexibility index (Phi) is 3.22. The first-order valence-electron chi connectivity index (χ1n) is 5.21. The van der Waals surface area contributed by atoms with E-state index in [0.717, 1.165) is 0 Å². The van der Waals surface area contributed by atoms with E-state index in [-0.39, 0.29) is 18.2 Å². The molecule has 0 aliphatic rings. The molecule has 7 heteroatoms. The molecule has 1 aromatic heterocycles. The van der Waals surface area contributed by atoms with Gasteiger partial charge >= 0.3 is 11.4 Å². The molecule has 0 aliphatic carbocycles. The molecule has 94 valence electrons. The van der Waals surface area contributed by atoms with Gasteiger partial charge in [0.2, 0.25) is 0 Å². The number of H-pyrrole nitrogens is 2. The van der Waals surface area contributed by atoms with Crippen molar-refractivity contribution < 1.29 is 4.39 Å². The first-order valence-corrected chi connectivity index (χ1v) is 5.21. The first kappa shape index (κ1) is 12.0. The molecule has 0 saturated heterocycles. The van der Waals surface area contributed by atoms with E-state index in [0.29, 0.717) is 5.69 Å². The predicted molar refractivity (Wildman–Crippen MR) is 64.0 cm³/mol. The van der Waals surface area contributed by atoms with Crippen LogP contribution in [0.2, 0.25) is 0 Å². The van der Waals surface area contributed by atoms with Crippen molar-refractivity contribution in [3.8, 4) is 0 Å². The Morgan fingerprint density at radius 2 is 2.00 bits per heavy atom. The third-order valence-corrected chi connectivity index (χ3v) is 2.37. The Hall–Kier alpha value is -2.44. The number of aromatic amines is 2. The van der Waals surface area contributed by atoms with Gasteiger partial charge in [0.25, 0.3) is 0 Å². The van der Waals surface area contributed by atoms with Crippen molar-refractivity contribution in [2.75, 3.05) is 11.9 Å². The van der Waals surface area contributed by atoms with Gasteiger partial charge in [0.1, 0.15) is 11.6 Å². The number of benzene rings is 1. The van der Waals surface area contributed by atoms with E-state index in [2.05, 4.69) is 9.97 Å². The van der Waals surface area contributed by atoms with Crippen molar-refractivity contribution in [1.82, 2.24) is 15.0 Å². The number of aromatic nitrogens is 3. The number of anilines is 1. The van der Waals surface area contributed by atoms with Crippen LogP contribution in [0.25, 0.3) is 0 Å². The maximum Gasteiger partial charge on any atom is 0.350 e. The van der Waals surface area contributed by atoms with Crippen LogP contribution in [0.1, 0.15) is 5.82 Å². The number of para-hydroxylation sites is 1. The summed E-state index contributed by atoms with van der Waals surface area (Å²) in [6.45, 7) is 0.125. The maximum atomic E-state index is 13.5. The summed E-state index contributed by atoms with van der Waals surface area (Å²) in [4.78, 5) is 31.6. The molecule has 0 radical (unpaired) electrons. The molecule has 0 fully saturated rings. The Balaban J connectivity index is 2.27. The minimum atomic E-state index is -0.726. The van der Waals surface area contributed by atoms with Gasteiger partial charge in [-0.2, -0.15) is 4.98 Å². The Labute approximate surface area is 101 Å². The van der Waals surface area contributed by atoms with Crippen molar-refractivity contribution >= 4 is 5.69 Å². The van der Waals surface area contributed by atoms with Crippen LogP contribution in [0.3, 0.4) is 0 Å². The molecule has 0 amide bonds. The summed E-state index contributed by atoms with van der Waals surface area (Å²) in [6.07, 6.45) is 0. The molecule has 0 saturated carbocycles. The second kappa shape index (κ2) is 4.82. The minimum absolute atomic E-state index is 0.125. The molecule has 0 aliphatic heterocycles. The Morgan fingerprint density at radius 1 is 1.28 bits per heavy atom. The number of halogens is 1. The topological polar surface area (TPSA) is 81.8 Å². The summed E-state index contributed by atoms with van der Waals surface area (Å²) >= 11 is 0. The second-order valence-electron chi connectivity index (χ2n) is 3.75. The Bertz CT molecular complexity index is 636. The highest BCUT2D eigenvalue weighted by atomic mass is 19.1. The van der Waals surface area contributed by atoms with E-state index >= 15 is 0 Å². The fraction of sp³-hybridized carbons (Fsp3) is 0.182. The molecule has 2 aromatic rings. The van der Waals surface area contributed by atoms with E-state index in [1.54, 1.807) is 30.1 Å². The van der Waals surface area contributed by atoms with Crippen LogP contribution in [-0.4, -0.2) is 22.0 Å². The lowest BCUT2D eigenvalue weighted by atomic mass is 10.3. The van der Waals surface area contributed by atoms with Crippen LogP contribution in [0.4, 0.5) is 10.1 Å². The number of nitrogens with one attached hydrogen (secondary N) is 2. The van der Waals surface area contributed by atoms with Crippen molar-refractivity contribution in [3.05, 3.63) is 56.9 Å². The quantitative estimate of drug-likeness (QED) is 0.817. The van der Waals surface area contributed by atoms with Crippen molar-refractivity contribution in [1.29, 1.82) is 0 Å². The third kappa shape index (κ3) is 2.62. The number of rotatable bonds is 3. The van der Waals surface area contributed by atoms with E-state index in [9.17, 15) is 14.0 Å². The van der Waals surface area contributed by atoms with Crippen LogP contribution in [0, 0.1) is 5.82 Å². The first-order chi connectivity index (χ1) is 8.56. The summed E-state index contributed by atoms with van der Waals surface area (Å²) in [7, 11) is 1.64. The standard InChI is InChI=1S/C11H11FN4O2/c1-16(8-5-3-2-4-7(8)12)6-9-13-10(17)15-11(18)14-9/h2-5H,6H2,1H3,(H2,13,14,15,17,18). The molecule has 1 aromatic carbocycles. The van der Waals surface area contributed by atoms with Gasteiger partial charge in [-0.05, 0) is 12.1 Å². The van der Waals surface area contributed by atoms with Gasteiger partial charge in [0.05, 0.1) is 12.2 Å². The molecule has 6 nitrogen and oxygen atoms in total. The largest absolute Gasteiger partial charge is 0.365 e. The van der Waals surface area contributed by atoms with Gasteiger partial charge in [-0.1, -0.05) is 12.1 Å². The van der Waals surface area contributed by atoms with Gasteiger partial charge < -0.3 is 4.90 Å². The summed E-state index contributed by atoms with van der Waals surface area (Å²) in [5, 5.41) is 0. The summed E-state index contributed by atoms with van der Waals surface area (Å²) in [6, 6.07) is 6.21. The van der Waals surface area contributed by atoms with Crippen molar-refractivity contribution in [2.45, 2.75) is 6.54 Å². The highest BCUT2D eigenvalue weighted by Crippen LogP contribution is 2.17. The second-order valence-corrected chi connectivity index (χ2v) is 3.75. The number of hydrogen-bond donors (Lipinski definition) is 2. The average Bonchev–Trinajstić information content (AvgIpc) is 2.27. The zero-order valence-electron chi connectivity index (χ0n) is 9.61. The Morgan fingerprint density at radius 3 is 2.67 bits per heavy atom. The molecule has 18 heavy (non-hydrogen) atoms. The predicted octanol–water partition coefficient (Wildman–Crippen LogP) is 0.234. The van der Waals surface area contributed by atoms with Crippen LogP contribution < -0.4 is 16.3 Å². The lowest BCUT2D eigenvalue weighted by molar-refractivity contribution is 0.620. The molecule has 0 atom stereocenters. The fourth-order valence-corrected chi connectivity index (χ4v) is 1.58. The van der Waals surface area contributed by atoms with Gasteiger partial charge in [0, 0.05) is 7.05 Å². The third-order valence-electron chi connectivity index (χ3n) is 2.37. The summed E-state index contributed by atoms with van der Waals surface area (Å²) in [5.74, 6) is -0.207. The molecular weight excluding hydrogens is 239 g/mol. The zero-order valence-corrected chi connectivity index (χ0v) is 9.61. The molecular formula is C11H11FN4O2. The zero-order chi connectivity index (χ0) is 13.1. The lowest BCUT2D eigenvalue weighted by Gasteiger charge is -2.18. The summed E-state index contributed by atoms with van der Waals surface area (Å²) < 4.78 is 13.5. The van der Waals surface area contributed by atoms with E-state index in [1.165, 1.54) is 6.07 Å². The SMILES string of the molecule is CN(Cc1nc(=O)[nH]c(=O)[nH]1)c1ccccc1F. The molecule has 1 heterocycles. The maximum absolute atomic E-state index is 13.5. The van der Waals surface area contributed by atoms with Crippen LogP contribution >= 0.6 is 0 Å². The highest BCUT2D eigenvalue weighted by Gasteiger charge is 2.08. The number of nitrogens with zero attached hydrogens (tertiary/aromatic N) is 2. The minimum Gasteiger partial charge on any atom is -0.365 e. The van der Waals surface area contributed by atoms with E-state index in [1.807, 2.05) is 4.98 Å². The van der Waals surface area contributed by atoms with E-state index in [4.69, 9.17) is 0 Å². The lowest BCUT2D eigenvalue weighted by Crippen LogP contribution is -2.30.